The van der Waals surface area contributed by atoms with Crippen molar-refractivity contribution in [1.29, 1.82) is 0 Å². The van der Waals surface area contributed by atoms with Crippen LogP contribution in [0.15, 0.2) is 16.8 Å². The smallest absolute Gasteiger partial charge is 0.328 e. The minimum atomic E-state index is -0.978. The number of esters is 3. The number of ether oxygens (including phenoxy) is 3. The van der Waals surface area contributed by atoms with Crippen molar-refractivity contribution in [3.8, 4) is 0 Å². The molecule has 1 rings (SSSR count). The van der Waals surface area contributed by atoms with Crippen molar-refractivity contribution in [1.82, 2.24) is 5.32 Å². The molecule has 0 bridgehead atoms. The summed E-state index contributed by atoms with van der Waals surface area (Å²) in [5, 5.41) is 6.69. The Labute approximate surface area is 229 Å². The molecule has 0 aliphatic carbocycles. The Morgan fingerprint density at radius 3 is 2.28 bits per heavy atom. The van der Waals surface area contributed by atoms with E-state index in [9.17, 15) is 19.2 Å². The molecule has 0 saturated carbocycles. The number of amides is 1. The summed E-state index contributed by atoms with van der Waals surface area (Å²) in [6.07, 6.45) is 2.57. The fourth-order valence-electron chi connectivity index (χ4n) is 2.73. The number of thiophene rings is 1. The predicted octanol–water partition coefficient (Wildman–Crippen LogP) is 2.91. The molecule has 0 spiro atoms. The number of nitrogens with two attached hydrogens (primary N) is 1. The standard InChI is InChI=1S/C23H36N2O7S4/c1-15(23(29)32-21(10-30-16(2)26)11-31-17(3)27)25-22(28)19(9-18-5-8-34-12-18)13-35-36-14-20(24)6-7-33-4/h5,8,12,15,19-21H,6-7,9-11,13-14,24H2,1-4H3,(H,25,28). The predicted molar refractivity (Wildman–Crippen MR) is 148 cm³/mol. The molecule has 0 radical (unpaired) electrons. The first-order valence-electron chi connectivity index (χ1n) is 11.4. The van der Waals surface area contributed by atoms with E-state index in [-0.39, 0.29) is 31.1 Å². The number of thioether (sulfide) groups is 1. The maximum atomic E-state index is 13.1. The van der Waals surface area contributed by atoms with Crippen LogP contribution in [-0.4, -0.2) is 78.7 Å². The van der Waals surface area contributed by atoms with Crippen LogP contribution in [0.2, 0.25) is 0 Å². The first kappa shape index (κ1) is 32.6. The third-order valence-electron chi connectivity index (χ3n) is 4.70. The molecule has 1 heterocycles. The highest BCUT2D eigenvalue weighted by Gasteiger charge is 2.27. The van der Waals surface area contributed by atoms with E-state index in [2.05, 4.69) is 11.6 Å². The van der Waals surface area contributed by atoms with Crippen molar-refractivity contribution < 1.29 is 33.4 Å². The zero-order valence-electron chi connectivity index (χ0n) is 21.1. The molecule has 3 atom stereocenters. The Morgan fingerprint density at radius 1 is 1.08 bits per heavy atom. The van der Waals surface area contributed by atoms with Crippen LogP contribution in [0.3, 0.4) is 0 Å². The first-order chi connectivity index (χ1) is 17.1. The van der Waals surface area contributed by atoms with Gasteiger partial charge in [-0.05, 0) is 54.2 Å². The molecular formula is C23H36N2O7S4. The number of hydrogen-bond donors (Lipinski definition) is 2. The van der Waals surface area contributed by atoms with Gasteiger partial charge in [0.1, 0.15) is 19.3 Å². The van der Waals surface area contributed by atoms with E-state index in [1.807, 2.05) is 16.8 Å². The lowest BCUT2D eigenvalue weighted by Crippen LogP contribution is -2.45. The summed E-state index contributed by atoms with van der Waals surface area (Å²) >= 11 is 3.33. The Hall–Kier alpha value is -1.41. The Balaban J connectivity index is 2.66. The largest absolute Gasteiger partial charge is 0.462 e. The second-order valence-corrected chi connectivity index (χ2v) is 12.4. The molecule has 0 aliphatic rings. The number of hydrogen-bond acceptors (Lipinski definition) is 12. The molecule has 13 heteroatoms. The fourth-order valence-corrected chi connectivity index (χ4v) is 6.51. The number of carbonyl (C=O) groups is 4. The van der Waals surface area contributed by atoms with Crippen LogP contribution in [0.5, 0.6) is 0 Å². The van der Waals surface area contributed by atoms with Crippen LogP contribution in [-0.2, 0) is 39.8 Å². The van der Waals surface area contributed by atoms with Gasteiger partial charge in [0, 0.05) is 31.4 Å². The quantitative estimate of drug-likeness (QED) is 0.115. The molecule has 3 N–H and O–H groups in total. The molecule has 9 nitrogen and oxygen atoms in total. The minimum absolute atomic E-state index is 0.112. The SMILES string of the molecule is CSCCC(N)CSSCC(Cc1ccsc1)C(=O)NC(C)C(=O)OC(COC(C)=O)COC(C)=O. The average Bonchev–Trinajstić information content (AvgIpc) is 3.34. The molecule has 1 aromatic heterocycles. The summed E-state index contributed by atoms with van der Waals surface area (Å²) in [5.41, 5.74) is 7.19. The lowest BCUT2D eigenvalue weighted by atomic mass is 10.0. The Morgan fingerprint density at radius 2 is 1.72 bits per heavy atom. The molecular weight excluding hydrogens is 545 g/mol. The molecule has 0 aliphatic heterocycles. The van der Waals surface area contributed by atoms with Crippen molar-refractivity contribution in [3.05, 3.63) is 22.4 Å². The van der Waals surface area contributed by atoms with Crippen molar-refractivity contribution in [2.75, 3.05) is 36.7 Å². The second kappa shape index (κ2) is 18.8. The molecule has 0 fully saturated rings. The van der Waals surface area contributed by atoms with Crippen LogP contribution in [0.1, 0.15) is 32.8 Å². The third kappa shape index (κ3) is 15.0. The highest BCUT2D eigenvalue weighted by Crippen LogP contribution is 2.27. The van der Waals surface area contributed by atoms with Crippen LogP contribution in [0.25, 0.3) is 0 Å². The molecule has 36 heavy (non-hydrogen) atoms. The van der Waals surface area contributed by atoms with E-state index in [1.54, 1.807) is 44.7 Å². The summed E-state index contributed by atoms with van der Waals surface area (Å²) in [6, 6.07) is 1.14. The zero-order chi connectivity index (χ0) is 26.9. The van der Waals surface area contributed by atoms with Gasteiger partial charge in [-0.2, -0.15) is 23.1 Å². The van der Waals surface area contributed by atoms with Gasteiger partial charge in [-0.3, -0.25) is 14.4 Å². The molecule has 1 aromatic rings. The average molecular weight is 581 g/mol. The Bertz CT molecular complexity index is 792. The molecule has 3 unspecified atom stereocenters. The van der Waals surface area contributed by atoms with E-state index in [0.29, 0.717) is 12.2 Å². The normalized spacial score (nSPS) is 13.5. The van der Waals surface area contributed by atoms with Crippen LogP contribution < -0.4 is 11.1 Å². The van der Waals surface area contributed by atoms with Gasteiger partial charge in [0.15, 0.2) is 6.10 Å². The van der Waals surface area contributed by atoms with Gasteiger partial charge in [0.25, 0.3) is 0 Å². The van der Waals surface area contributed by atoms with E-state index in [0.717, 1.165) is 23.5 Å². The first-order valence-corrected chi connectivity index (χ1v) is 16.2. The fraction of sp³-hybridized carbons (Fsp3) is 0.652. The number of rotatable bonds is 18. The third-order valence-corrected chi connectivity index (χ3v) is 8.66. The topological polar surface area (TPSA) is 134 Å². The van der Waals surface area contributed by atoms with Gasteiger partial charge in [0.05, 0.1) is 5.92 Å². The van der Waals surface area contributed by atoms with Gasteiger partial charge in [-0.25, -0.2) is 4.79 Å². The van der Waals surface area contributed by atoms with Gasteiger partial charge < -0.3 is 25.3 Å². The molecule has 1 amide bonds. The highest BCUT2D eigenvalue weighted by atomic mass is 33.1. The van der Waals surface area contributed by atoms with E-state index in [4.69, 9.17) is 19.9 Å². The number of nitrogens with one attached hydrogen (secondary N) is 1. The van der Waals surface area contributed by atoms with Crippen molar-refractivity contribution in [3.63, 3.8) is 0 Å². The zero-order valence-corrected chi connectivity index (χ0v) is 24.3. The van der Waals surface area contributed by atoms with Gasteiger partial charge in [0.2, 0.25) is 5.91 Å². The summed E-state index contributed by atoms with van der Waals surface area (Å²) < 4.78 is 15.1. The summed E-state index contributed by atoms with van der Waals surface area (Å²) in [6.45, 7) is 3.43. The van der Waals surface area contributed by atoms with Crippen LogP contribution >= 0.6 is 44.7 Å². The molecule has 0 aromatic carbocycles. The summed E-state index contributed by atoms with van der Waals surface area (Å²) in [5.74, 6) is -0.0725. The lowest BCUT2D eigenvalue weighted by Gasteiger charge is -2.22. The van der Waals surface area contributed by atoms with Crippen molar-refractivity contribution >= 4 is 68.5 Å². The van der Waals surface area contributed by atoms with Crippen molar-refractivity contribution in [2.45, 2.75) is 51.8 Å². The summed E-state index contributed by atoms with van der Waals surface area (Å²) in [7, 11) is 3.25. The van der Waals surface area contributed by atoms with Crippen LogP contribution in [0.4, 0.5) is 0 Å². The summed E-state index contributed by atoms with van der Waals surface area (Å²) in [4.78, 5) is 47.9. The molecule has 204 valence electrons. The van der Waals surface area contributed by atoms with E-state index >= 15 is 0 Å². The second-order valence-electron chi connectivity index (χ2n) is 8.04. The number of carbonyl (C=O) groups excluding carboxylic acids is 4. The van der Waals surface area contributed by atoms with E-state index in [1.165, 1.54) is 20.8 Å². The van der Waals surface area contributed by atoms with E-state index < -0.39 is 30.1 Å². The lowest BCUT2D eigenvalue weighted by molar-refractivity contribution is -0.167. The van der Waals surface area contributed by atoms with Gasteiger partial charge in [-0.1, -0.05) is 21.6 Å². The monoisotopic (exact) mass is 580 g/mol. The van der Waals surface area contributed by atoms with Gasteiger partial charge >= 0.3 is 17.9 Å². The Kier molecular flexibility index (Phi) is 17.0. The molecule has 0 saturated heterocycles. The maximum absolute atomic E-state index is 13.1. The highest BCUT2D eigenvalue weighted by molar-refractivity contribution is 8.76. The maximum Gasteiger partial charge on any atom is 0.328 e. The van der Waals surface area contributed by atoms with Gasteiger partial charge in [-0.15, -0.1) is 0 Å². The van der Waals surface area contributed by atoms with Crippen LogP contribution in [0, 0.1) is 5.92 Å². The minimum Gasteiger partial charge on any atom is -0.462 e. The van der Waals surface area contributed by atoms with Crippen molar-refractivity contribution in [2.24, 2.45) is 11.7 Å².